The molecule has 30 heavy (non-hydrogen) atoms. The number of benzene rings is 2. The molecule has 0 aromatic heterocycles. The van der Waals surface area contributed by atoms with E-state index in [0.717, 1.165) is 13.0 Å². The molecule has 2 aromatic rings. The second kappa shape index (κ2) is 9.14. The molecule has 2 aromatic carbocycles. The molecule has 4 atom stereocenters. The lowest BCUT2D eigenvalue weighted by Gasteiger charge is -2.37. The normalized spacial score (nSPS) is 26.2. The molecule has 4 unspecified atom stereocenters. The first-order valence-electron chi connectivity index (χ1n) is 10.3. The lowest BCUT2D eigenvalue weighted by atomic mass is 9.95. The fourth-order valence-corrected chi connectivity index (χ4v) is 4.41. The van der Waals surface area contributed by atoms with Crippen LogP contribution in [0.2, 0.25) is 0 Å². The molecular formula is C23H28N2O5. The first kappa shape index (κ1) is 20.8. The minimum atomic E-state index is -0.817. The SMILES string of the molecule is COc1ccc(C(=O)NCC2OC(CO)C(O)C2N2CCc3ccccc3C2)cc1. The van der Waals surface area contributed by atoms with Gasteiger partial charge in [0.1, 0.15) is 18.0 Å². The van der Waals surface area contributed by atoms with Crippen LogP contribution < -0.4 is 10.1 Å². The lowest BCUT2D eigenvalue weighted by Crippen LogP contribution is -2.52. The van der Waals surface area contributed by atoms with Gasteiger partial charge in [0.25, 0.3) is 5.91 Å². The summed E-state index contributed by atoms with van der Waals surface area (Å²) in [7, 11) is 1.58. The van der Waals surface area contributed by atoms with Gasteiger partial charge in [0.2, 0.25) is 0 Å². The largest absolute Gasteiger partial charge is 0.497 e. The third-order valence-corrected chi connectivity index (χ3v) is 6.04. The summed E-state index contributed by atoms with van der Waals surface area (Å²) in [5, 5.41) is 23.3. The molecule has 4 rings (SSSR count). The van der Waals surface area contributed by atoms with Crippen molar-refractivity contribution in [2.45, 2.75) is 37.3 Å². The van der Waals surface area contributed by atoms with Crippen LogP contribution in [-0.4, -0.2) is 72.2 Å². The van der Waals surface area contributed by atoms with Gasteiger partial charge in [0, 0.05) is 25.2 Å². The van der Waals surface area contributed by atoms with Crippen molar-refractivity contribution in [2.24, 2.45) is 0 Å². The van der Waals surface area contributed by atoms with Gasteiger partial charge in [-0.2, -0.15) is 0 Å². The molecular weight excluding hydrogens is 384 g/mol. The van der Waals surface area contributed by atoms with E-state index >= 15 is 0 Å². The highest BCUT2D eigenvalue weighted by atomic mass is 16.5. The minimum absolute atomic E-state index is 0.217. The third-order valence-electron chi connectivity index (χ3n) is 6.04. The van der Waals surface area contributed by atoms with Crippen LogP contribution in [0, 0.1) is 0 Å². The number of ether oxygens (including phenoxy) is 2. The average Bonchev–Trinajstić information content (AvgIpc) is 3.12. The van der Waals surface area contributed by atoms with Gasteiger partial charge in [-0.15, -0.1) is 0 Å². The van der Waals surface area contributed by atoms with Gasteiger partial charge in [-0.3, -0.25) is 9.69 Å². The maximum Gasteiger partial charge on any atom is 0.251 e. The summed E-state index contributed by atoms with van der Waals surface area (Å²) >= 11 is 0. The van der Waals surface area contributed by atoms with Gasteiger partial charge in [-0.25, -0.2) is 0 Å². The quantitative estimate of drug-likeness (QED) is 0.655. The monoisotopic (exact) mass is 412 g/mol. The minimum Gasteiger partial charge on any atom is -0.497 e. The number of rotatable bonds is 6. The van der Waals surface area contributed by atoms with E-state index in [1.54, 1.807) is 31.4 Å². The van der Waals surface area contributed by atoms with Crippen molar-refractivity contribution in [3.63, 3.8) is 0 Å². The van der Waals surface area contributed by atoms with Gasteiger partial charge in [-0.1, -0.05) is 24.3 Å². The average molecular weight is 412 g/mol. The van der Waals surface area contributed by atoms with E-state index in [-0.39, 0.29) is 25.1 Å². The van der Waals surface area contributed by atoms with Crippen LogP contribution in [0.4, 0.5) is 0 Å². The first-order chi connectivity index (χ1) is 14.6. The van der Waals surface area contributed by atoms with Crippen LogP contribution >= 0.6 is 0 Å². The summed E-state index contributed by atoms with van der Waals surface area (Å²) in [5.41, 5.74) is 3.09. The number of hydrogen-bond donors (Lipinski definition) is 3. The summed E-state index contributed by atoms with van der Waals surface area (Å²) in [4.78, 5) is 14.7. The topological polar surface area (TPSA) is 91.3 Å². The van der Waals surface area contributed by atoms with Crippen LogP contribution in [0.1, 0.15) is 21.5 Å². The Balaban J connectivity index is 1.44. The Morgan fingerprint density at radius 3 is 2.60 bits per heavy atom. The predicted molar refractivity (Wildman–Crippen MR) is 111 cm³/mol. The first-order valence-corrected chi connectivity index (χ1v) is 10.3. The molecule has 7 nitrogen and oxygen atoms in total. The van der Waals surface area contributed by atoms with E-state index in [1.807, 2.05) is 12.1 Å². The van der Waals surface area contributed by atoms with Crippen molar-refractivity contribution in [3.05, 3.63) is 65.2 Å². The van der Waals surface area contributed by atoms with E-state index in [2.05, 4.69) is 22.3 Å². The molecule has 160 valence electrons. The van der Waals surface area contributed by atoms with Crippen LogP contribution in [0.3, 0.4) is 0 Å². The summed E-state index contributed by atoms with van der Waals surface area (Å²) in [6.07, 6.45) is -0.989. The van der Waals surface area contributed by atoms with Gasteiger partial charge in [0.15, 0.2) is 0 Å². The Labute approximate surface area is 176 Å². The fourth-order valence-electron chi connectivity index (χ4n) is 4.41. The number of fused-ring (bicyclic) bond motifs is 1. The molecule has 1 saturated heterocycles. The number of carbonyl (C=O) groups is 1. The van der Waals surface area contributed by atoms with Crippen LogP contribution in [0.25, 0.3) is 0 Å². The Hall–Kier alpha value is -2.45. The van der Waals surface area contributed by atoms with Crippen LogP contribution in [0.5, 0.6) is 5.75 Å². The second-order valence-electron chi connectivity index (χ2n) is 7.80. The van der Waals surface area contributed by atoms with Gasteiger partial charge >= 0.3 is 0 Å². The Morgan fingerprint density at radius 1 is 1.17 bits per heavy atom. The highest BCUT2D eigenvalue weighted by Gasteiger charge is 2.46. The summed E-state index contributed by atoms with van der Waals surface area (Å²) < 4.78 is 11.0. The zero-order valence-corrected chi connectivity index (χ0v) is 17.0. The molecule has 0 spiro atoms. The number of nitrogens with zero attached hydrogens (tertiary/aromatic N) is 1. The number of aliphatic hydroxyl groups excluding tert-OH is 2. The highest BCUT2D eigenvalue weighted by Crippen LogP contribution is 2.30. The molecule has 0 bridgehead atoms. The maximum atomic E-state index is 12.5. The van der Waals surface area contributed by atoms with Crippen molar-refractivity contribution in [3.8, 4) is 5.75 Å². The summed E-state index contributed by atoms with van der Waals surface area (Å²) in [6, 6.07) is 14.9. The molecule has 7 heteroatoms. The van der Waals surface area contributed by atoms with Crippen LogP contribution in [0.15, 0.2) is 48.5 Å². The van der Waals surface area contributed by atoms with E-state index in [0.29, 0.717) is 17.9 Å². The molecule has 2 aliphatic heterocycles. The van der Waals surface area contributed by atoms with Gasteiger partial charge in [-0.05, 0) is 41.8 Å². The van der Waals surface area contributed by atoms with E-state index in [4.69, 9.17) is 9.47 Å². The van der Waals surface area contributed by atoms with E-state index in [9.17, 15) is 15.0 Å². The van der Waals surface area contributed by atoms with Gasteiger partial charge < -0.3 is 25.0 Å². The number of methoxy groups -OCH3 is 1. The molecule has 0 radical (unpaired) electrons. The van der Waals surface area contributed by atoms with E-state index in [1.165, 1.54) is 11.1 Å². The Kier molecular flexibility index (Phi) is 6.34. The number of carbonyl (C=O) groups excluding carboxylic acids is 1. The number of aliphatic hydroxyl groups is 2. The molecule has 1 fully saturated rings. The molecule has 2 heterocycles. The zero-order valence-electron chi connectivity index (χ0n) is 17.0. The Bertz CT molecular complexity index is 872. The van der Waals surface area contributed by atoms with Crippen molar-refractivity contribution in [1.29, 1.82) is 0 Å². The smallest absolute Gasteiger partial charge is 0.251 e. The number of nitrogens with one attached hydrogen (secondary N) is 1. The van der Waals surface area contributed by atoms with Crippen molar-refractivity contribution in [2.75, 3.05) is 26.8 Å². The second-order valence-corrected chi connectivity index (χ2v) is 7.80. The maximum absolute atomic E-state index is 12.5. The van der Waals surface area contributed by atoms with Crippen molar-refractivity contribution >= 4 is 5.91 Å². The van der Waals surface area contributed by atoms with E-state index < -0.39 is 18.3 Å². The Morgan fingerprint density at radius 2 is 1.90 bits per heavy atom. The summed E-state index contributed by atoms with van der Waals surface area (Å²) in [5.74, 6) is 0.468. The zero-order chi connectivity index (χ0) is 21.1. The van der Waals surface area contributed by atoms with Gasteiger partial charge in [0.05, 0.1) is 25.9 Å². The molecule has 2 aliphatic rings. The molecule has 0 aliphatic carbocycles. The fraction of sp³-hybridized carbons (Fsp3) is 0.435. The standard InChI is InChI=1S/C23H28N2O5/c1-29-18-8-6-16(7-9-18)23(28)24-12-19-21(22(27)20(14-26)30-19)25-11-10-15-4-2-3-5-17(15)13-25/h2-9,19-22,26-27H,10-14H2,1H3,(H,24,28). The summed E-state index contributed by atoms with van der Waals surface area (Å²) in [6.45, 7) is 1.50. The molecule has 0 saturated carbocycles. The molecule has 1 amide bonds. The van der Waals surface area contributed by atoms with Crippen molar-refractivity contribution in [1.82, 2.24) is 10.2 Å². The highest BCUT2D eigenvalue weighted by molar-refractivity contribution is 5.94. The number of amides is 1. The molecule has 3 N–H and O–H groups in total. The lowest BCUT2D eigenvalue weighted by molar-refractivity contribution is -0.0209. The number of hydrogen-bond acceptors (Lipinski definition) is 6. The van der Waals surface area contributed by atoms with Crippen LogP contribution in [-0.2, 0) is 17.7 Å². The predicted octanol–water partition coefficient (Wildman–Crippen LogP) is 0.973. The van der Waals surface area contributed by atoms with Crippen molar-refractivity contribution < 1.29 is 24.5 Å². The third kappa shape index (κ3) is 4.20.